The van der Waals surface area contributed by atoms with E-state index in [9.17, 15) is 4.79 Å². The normalized spacial score (nSPS) is 14.2. The Balaban J connectivity index is 1.37. The molecule has 0 saturated carbocycles. The summed E-state index contributed by atoms with van der Waals surface area (Å²) in [5.41, 5.74) is 2.97. The van der Waals surface area contributed by atoms with Crippen LogP contribution in [0.25, 0.3) is 11.3 Å². The number of piperazine rings is 1. The summed E-state index contributed by atoms with van der Waals surface area (Å²) in [7, 11) is 0. The molecule has 1 saturated heterocycles. The number of benzene rings is 2. The molecule has 5 nitrogen and oxygen atoms in total. The van der Waals surface area contributed by atoms with Gasteiger partial charge in [-0.1, -0.05) is 54.1 Å². The number of amides is 1. The molecule has 1 amide bonds. The van der Waals surface area contributed by atoms with Crippen molar-refractivity contribution in [1.82, 2.24) is 14.9 Å². The fraction of sp³-hybridized carbons (Fsp3) is 0.227. The van der Waals surface area contributed by atoms with Gasteiger partial charge in [0.15, 0.2) is 0 Å². The Morgan fingerprint density at radius 2 is 1.64 bits per heavy atom. The van der Waals surface area contributed by atoms with Gasteiger partial charge in [0.25, 0.3) is 0 Å². The van der Waals surface area contributed by atoms with Crippen LogP contribution in [0.3, 0.4) is 0 Å². The average Bonchev–Trinajstić information content (AvgIpc) is 2.76. The van der Waals surface area contributed by atoms with Gasteiger partial charge >= 0.3 is 0 Å². The Hall–Kier alpha value is -2.92. The van der Waals surface area contributed by atoms with Gasteiger partial charge in [-0.2, -0.15) is 0 Å². The van der Waals surface area contributed by atoms with Gasteiger partial charge in [-0.3, -0.25) is 4.79 Å². The van der Waals surface area contributed by atoms with Crippen LogP contribution >= 0.6 is 11.6 Å². The SMILES string of the molecule is O=C(Cc1ccc(Cl)cc1)N1CCN(c2cc(-c3ccccc3)ncn2)CC1. The molecular weight excluding hydrogens is 372 g/mol. The van der Waals surface area contributed by atoms with Crippen molar-refractivity contribution in [3.8, 4) is 11.3 Å². The van der Waals surface area contributed by atoms with Crippen molar-refractivity contribution in [2.24, 2.45) is 0 Å². The van der Waals surface area contributed by atoms with Gasteiger partial charge in [-0.05, 0) is 17.7 Å². The zero-order chi connectivity index (χ0) is 19.3. The van der Waals surface area contributed by atoms with Gasteiger partial charge in [0.1, 0.15) is 12.1 Å². The van der Waals surface area contributed by atoms with E-state index in [-0.39, 0.29) is 5.91 Å². The Morgan fingerprint density at radius 3 is 2.36 bits per heavy atom. The van der Waals surface area contributed by atoms with Gasteiger partial charge in [0, 0.05) is 42.8 Å². The van der Waals surface area contributed by atoms with E-state index in [2.05, 4.69) is 14.9 Å². The van der Waals surface area contributed by atoms with Crippen molar-refractivity contribution >= 4 is 23.3 Å². The highest BCUT2D eigenvalue weighted by Crippen LogP contribution is 2.21. The van der Waals surface area contributed by atoms with E-state index >= 15 is 0 Å². The summed E-state index contributed by atoms with van der Waals surface area (Å²) in [4.78, 5) is 25.5. The largest absolute Gasteiger partial charge is 0.353 e. The third-order valence-electron chi connectivity index (χ3n) is 4.95. The van der Waals surface area contributed by atoms with Crippen LogP contribution in [0.2, 0.25) is 5.02 Å². The van der Waals surface area contributed by atoms with E-state index in [0.29, 0.717) is 24.5 Å². The quantitative estimate of drug-likeness (QED) is 0.679. The van der Waals surface area contributed by atoms with Crippen LogP contribution in [-0.4, -0.2) is 47.0 Å². The van der Waals surface area contributed by atoms with Crippen molar-refractivity contribution in [3.05, 3.63) is 77.6 Å². The van der Waals surface area contributed by atoms with Gasteiger partial charge < -0.3 is 9.80 Å². The van der Waals surface area contributed by atoms with E-state index in [1.54, 1.807) is 6.33 Å². The van der Waals surface area contributed by atoms with Gasteiger partial charge in [-0.15, -0.1) is 0 Å². The Labute approximate surface area is 169 Å². The summed E-state index contributed by atoms with van der Waals surface area (Å²) in [5, 5.41) is 0.685. The monoisotopic (exact) mass is 392 g/mol. The van der Waals surface area contributed by atoms with E-state index in [1.807, 2.05) is 65.6 Å². The zero-order valence-corrected chi connectivity index (χ0v) is 16.2. The lowest BCUT2D eigenvalue weighted by atomic mass is 10.1. The molecule has 2 aromatic carbocycles. The Bertz CT molecular complexity index is 938. The first kappa shape index (κ1) is 18.4. The Morgan fingerprint density at radius 1 is 0.929 bits per heavy atom. The molecule has 0 radical (unpaired) electrons. The lowest BCUT2D eigenvalue weighted by Crippen LogP contribution is -2.49. The molecular formula is C22H21ClN4O. The van der Waals surface area contributed by atoms with E-state index in [1.165, 1.54) is 0 Å². The van der Waals surface area contributed by atoms with Crippen LogP contribution in [0.1, 0.15) is 5.56 Å². The minimum Gasteiger partial charge on any atom is -0.353 e. The van der Waals surface area contributed by atoms with Gasteiger partial charge in [0.2, 0.25) is 5.91 Å². The van der Waals surface area contributed by atoms with Gasteiger partial charge in [0.05, 0.1) is 12.1 Å². The van der Waals surface area contributed by atoms with Crippen LogP contribution in [0.15, 0.2) is 67.0 Å². The summed E-state index contributed by atoms with van der Waals surface area (Å²) in [5.74, 6) is 1.05. The maximum atomic E-state index is 12.6. The second kappa shape index (κ2) is 8.40. The maximum Gasteiger partial charge on any atom is 0.227 e. The summed E-state index contributed by atoms with van der Waals surface area (Å²) < 4.78 is 0. The van der Waals surface area contributed by atoms with E-state index < -0.39 is 0 Å². The smallest absolute Gasteiger partial charge is 0.227 e. The van der Waals surface area contributed by atoms with Crippen molar-refractivity contribution in [1.29, 1.82) is 0 Å². The molecule has 0 atom stereocenters. The number of anilines is 1. The fourth-order valence-corrected chi connectivity index (χ4v) is 3.49. The topological polar surface area (TPSA) is 49.3 Å². The third kappa shape index (κ3) is 4.31. The summed E-state index contributed by atoms with van der Waals surface area (Å²) >= 11 is 5.91. The number of nitrogens with zero attached hydrogens (tertiary/aromatic N) is 4. The number of hydrogen-bond acceptors (Lipinski definition) is 4. The molecule has 142 valence electrons. The Kier molecular flexibility index (Phi) is 5.53. The number of carbonyl (C=O) groups excluding carboxylic acids is 1. The maximum absolute atomic E-state index is 12.6. The molecule has 1 fully saturated rings. The second-order valence-electron chi connectivity index (χ2n) is 6.80. The highest BCUT2D eigenvalue weighted by atomic mass is 35.5. The second-order valence-corrected chi connectivity index (χ2v) is 7.23. The van der Waals surface area contributed by atoms with Crippen molar-refractivity contribution in [3.63, 3.8) is 0 Å². The molecule has 1 aliphatic rings. The average molecular weight is 393 g/mol. The number of hydrogen-bond donors (Lipinski definition) is 0. The van der Waals surface area contributed by atoms with Crippen LogP contribution in [0.5, 0.6) is 0 Å². The van der Waals surface area contributed by atoms with Crippen LogP contribution in [-0.2, 0) is 11.2 Å². The first-order chi connectivity index (χ1) is 13.7. The van der Waals surface area contributed by atoms with Gasteiger partial charge in [-0.25, -0.2) is 9.97 Å². The number of halogens is 1. The molecule has 1 aromatic heterocycles. The summed E-state index contributed by atoms with van der Waals surface area (Å²) in [6, 6.07) is 19.5. The van der Waals surface area contributed by atoms with Crippen LogP contribution in [0, 0.1) is 0 Å². The highest BCUT2D eigenvalue weighted by molar-refractivity contribution is 6.30. The van der Waals surface area contributed by atoms with E-state index in [4.69, 9.17) is 11.6 Å². The third-order valence-corrected chi connectivity index (χ3v) is 5.20. The highest BCUT2D eigenvalue weighted by Gasteiger charge is 2.22. The molecule has 4 rings (SSSR count). The van der Waals surface area contributed by atoms with E-state index in [0.717, 1.165) is 35.7 Å². The molecule has 3 aromatic rings. The predicted octanol–water partition coefficient (Wildman–Crippen LogP) is 3.69. The molecule has 0 spiro atoms. The molecule has 0 bridgehead atoms. The lowest BCUT2D eigenvalue weighted by Gasteiger charge is -2.35. The van der Waals surface area contributed by atoms with Crippen LogP contribution in [0.4, 0.5) is 5.82 Å². The molecule has 6 heteroatoms. The van der Waals surface area contributed by atoms with Crippen molar-refractivity contribution < 1.29 is 4.79 Å². The molecule has 2 heterocycles. The van der Waals surface area contributed by atoms with Crippen molar-refractivity contribution in [2.45, 2.75) is 6.42 Å². The molecule has 28 heavy (non-hydrogen) atoms. The molecule has 1 aliphatic heterocycles. The molecule has 0 unspecified atom stereocenters. The minimum atomic E-state index is 0.148. The zero-order valence-electron chi connectivity index (χ0n) is 15.5. The number of aromatic nitrogens is 2. The number of rotatable bonds is 4. The fourth-order valence-electron chi connectivity index (χ4n) is 3.36. The van der Waals surface area contributed by atoms with Crippen molar-refractivity contribution in [2.75, 3.05) is 31.1 Å². The molecule has 0 aliphatic carbocycles. The first-order valence-corrected chi connectivity index (χ1v) is 9.71. The summed E-state index contributed by atoms with van der Waals surface area (Å²) in [6.45, 7) is 2.91. The first-order valence-electron chi connectivity index (χ1n) is 9.34. The predicted molar refractivity (Wildman–Crippen MR) is 111 cm³/mol. The van der Waals surface area contributed by atoms with Crippen LogP contribution < -0.4 is 4.90 Å². The minimum absolute atomic E-state index is 0.148. The lowest BCUT2D eigenvalue weighted by molar-refractivity contribution is -0.130. The molecule has 0 N–H and O–H groups in total. The standard InChI is InChI=1S/C22H21ClN4O/c23-19-8-6-17(7-9-19)14-22(28)27-12-10-26(11-13-27)21-15-20(24-16-25-21)18-4-2-1-3-5-18/h1-9,15-16H,10-14H2. The number of carbonyl (C=O) groups is 1. The summed E-state index contributed by atoms with van der Waals surface area (Å²) in [6.07, 6.45) is 2.01.